The highest BCUT2D eigenvalue weighted by Gasteiger charge is 2.22. The average Bonchev–Trinajstić information content (AvgIpc) is 3.08. The van der Waals surface area contributed by atoms with Gasteiger partial charge < -0.3 is 9.64 Å². The summed E-state index contributed by atoms with van der Waals surface area (Å²) in [5.74, 6) is 1.18. The Morgan fingerprint density at radius 2 is 2.18 bits per heavy atom. The Kier molecular flexibility index (Phi) is 5.08. The van der Waals surface area contributed by atoms with Crippen LogP contribution in [-0.4, -0.2) is 52.1 Å². The Balaban J connectivity index is 2.02. The second kappa shape index (κ2) is 7.02. The van der Waals surface area contributed by atoms with E-state index in [4.69, 9.17) is 4.74 Å². The molecule has 2 aromatic rings. The second-order valence-corrected chi connectivity index (χ2v) is 5.39. The fraction of sp³-hybridized carbons (Fsp3) is 0.467. The molecular formula is C15H21N5O2. The molecule has 0 radical (unpaired) electrons. The summed E-state index contributed by atoms with van der Waals surface area (Å²) in [6.07, 6.45) is 0. The molecule has 7 nitrogen and oxygen atoms in total. The van der Waals surface area contributed by atoms with Crippen molar-refractivity contribution in [1.82, 2.24) is 25.5 Å². The summed E-state index contributed by atoms with van der Waals surface area (Å²) < 4.78 is 5.21. The number of hydrogen-bond donors (Lipinski definition) is 1. The van der Waals surface area contributed by atoms with E-state index in [2.05, 4.69) is 20.6 Å². The number of benzene rings is 1. The summed E-state index contributed by atoms with van der Waals surface area (Å²) in [4.78, 5) is 14.3. The highest BCUT2D eigenvalue weighted by atomic mass is 16.5. The Morgan fingerprint density at radius 1 is 1.41 bits per heavy atom. The maximum absolute atomic E-state index is 12.6. The second-order valence-electron chi connectivity index (χ2n) is 5.39. The predicted molar refractivity (Wildman–Crippen MR) is 81.6 cm³/mol. The molecule has 0 saturated heterocycles. The van der Waals surface area contributed by atoms with Gasteiger partial charge in [0.05, 0.1) is 13.0 Å². The van der Waals surface area contributed by atoms with E-state index < -0.39 is 0 Å². The molecule has 0 saturated carbocycles. The predicted octanol–water partition coefficient (Wildman–Crippen LogP) is 1.57. The number of carbonyl (C=O) groups excluding carboxylic acids is 1. The topological polar surface area (TPSA) is 84.0 Å². The third-order valence-electron chi connectivity index (χ3n) is 3.69. The first-order chi connectivity index (χ1) is 10.5. The molecule has 0 spiro atoms. The van der Waals surface area contributed by atoms with Gasteiger partial charge in [0.2, 0.25) is 5.91 Å². The number of aromatic amines is 1. The molecule has 118 valence electrons. The van der Waals surface area contributed by atoms with E-state index in [1.807, 2.05) is 38.1 Å². The van der Waals surface area contributed by atoms with Gasteiger partial charge in [0.25, 0.3) is 0 Å². The number of carbonyl (C=O) groups is 1. The van der Waals surface area contributed by atoms with Crippen LogP contribution in [0.15, 0.2) is 24.3 Å². The number of hydrogen-bond acceptors (Lipinski definition) is 5. The van der Waals surface area contributed by atoms with Gasteiger partial charge in [-0.1, -0.05) is 24.3 Å². The number of H-pyrrole nitrogens is 1. The molecule has 22 heavy (non-hydrogen) atoms. The maximum Gasteiger partial charge on any atom is 0.229 e. The van der Waals surface area contributed by atoms with Crippen LogP contribution in [0, 0.1) is 0 Å². The van der Waals surface area contributed by atoms with Crippen molar-refractivity contribution in [1.29, 1.82) is 0 Å². The van der Waals surface area contributed by atoms with Gasteiger partial charge in [0.1, 0.15) is 5.75 Å². The zero-order valence-corrected chi connectivity index (χ0v) is 13.3. The summed E-state index contributed by atoms with van der Waals surface area (Å²) in [6, 6.07) is 7.57. The molecule has 0 bridgehead atoms. The molecule has 1 amide bonds. The Hall–Kier alpha value is -2.44. The van der Waals surface area contributed by atoms with Crippen molar-refractivity contribution >= 4 is 5.91 Å². The zero-order chi connectivity index (χ0) is 16.1. The van der Waals surface area contributed by atoms with E-state index in [0.717, 1.165) is 11.3 Å². The van der Waals surface area contributed by atoms with E-state index in [0.29, 0.717) is 12.4 Å². The number of ether oxygens (including phenoxy) is 1. The minimum atomic E-state index is -0.238. The standard InChI is InChI=1S/C15H21N5O2/c1-10(14-16-18-19-17-14)9-20(3)15(21)11(2)12-6-5-7-13(8-12)22-4/h5-8,10-11H,9H2,1-4H3,(H,16,17,18,19)/t10-,11+/m1/s1. The van der Waals surface area contributed by atoms with Gasteiger partial charge in [-0.05, 0) is 24.6 Å². The number of methoxy groups -OCH3 is 1. The van der Waals surface area contributed by atoms with Crippen LogP contribution >= 0.6 is 0 Å². The van der Waals surface area contributed by atoms with E-state index in [1.54, 1.807) is 19.1 Å². The first-order valence-corrected chi connectivity index (χ1v) is 7.15. The quantitative estimate of drug-likeness (QED) is 0.875. The zero-order valence-electron chi connectivity index (χ0n) is 13.3. The number of rotatable bonds is 6. The molecule has 1 aromatic carbocycles. The largest absolute Gasteiger partial charge is 0.497 e. The average molecular weight is 303 g/mol. The molecular weight excluding hydrogens is 282 g/mol. The minimum Gasteiger partial charge on any atom is -0.497 e. The van der Waals surface area contributed by atoms with Gasteiger partial charge in [0.15, 0.2) is 5.82 Å². The Bertz CT molecular complexity index is 614. The third-order valence-corrected chi connectivity index (χ3v) is 3.69. The smallest absolute Gasteiger partial charge is 0.229 e. The molecule has 2 rings (SSSR count). The molecule has 1 N–H and O–H groups in total. The van der Waals surface area contributed by atoms with Crippen LogP contribution in [-0.2, 0) is 4.79 Å². The van der Waals surface area contributed by atoms with Crippen LogP contribution in [0.3, 0.4) is 0 Å². The lowest BCUT2D eigenvalue weighted by atomic mass is 9.99. The summed E-state index contributed by atoms with van der Waals surface area (Å²) in [5, 5.41) is 13.9. The molecule has 0 aliphatic heterocycles. The van der Waals surface area contributed by atoms with Gasteiger partial charge in [-0.15, -0.1) is 10.2 Å². The van der Waals surface area contributed by atoms with Crippen LogP contribution in [0.2, 0.25) is 0 Å². The van der Waals surface area contributed by atoms with Gasteiger partial charge >= 0.3 is 0 Å². The highest BCUT2D eigenvalue weighted by Crippen LogP contribution is 2.23. The van der Waals surface area contributed by atoms with Crippen molar-refractivity contribution in [3.63, 3.8) is 0 Å². The van der Waals surface area contributed by atoms with Crippen molar-refractivity contribution < 1.29 is 9.53 Å². The molecule has 2 atom stereocenters. The highest BCUT2D eigenvalue weighted by molar-refractivity contribution is 5.83. The minimum absolute atomic E-state index is 0.0187. The van der Waals surface area contributed by atoms with Crippen molar-refractivity contribution in [3.05, 3.63) is 35.7 Å². The first kappa shape index (κ1) is 15.9. The lowest BCUT2D eigenvalue weighted by Crippen LogP contribution is -2.33. The van der Waals surface area contributed by atoms with Gasteiger partial charge in [-0.3, -0.25) is 4.79 Å². The van der Waals surface area contributed by atoms with E-state index in [9.17, 15) is 4.79 Å². The van der Waals surface area contributed by atoms with Crippen LogP contribution in [0.1, 0.15) is 37.1 Å². The van der Waals surface area contributed by atoms with E-state index in [1.165, 1.54) is 0 Å². The lowest BCUT2D eigenvalue weighted by molar-refractivity contribution is -0.131. The summed E-state index contributed by atoms with van der Waals surface area (Å²) in [6.45, 7) is 4.39. The van der Waals surface area contributed by atoms with Crippen molar-refractivity contribution in [2.75, 3.05) is 20.7 Å². The van der Waals surface area contributed by atoms with Gasteiger partial charge in [0, 0.05) is 19.5 Å². The number of likely N-dealkylation sites (N-methyl/N-ethyl adjacent to an activating group) is 1. The number of nitrogens with zero attached hydrogens (tertiary/aromatic N) is 4. The van der Waals surface area contributed by atoms with Crippen molar-refractivity contribution in [3.8, 4) is 5.75 Å². The molecule has 1 aromatic heterocycles. The number of tetrazole rings is 1. The Morgan fingerprint density at radius 3 is 2.82 bits per heavy atom. The molecule has 0 unspecified atom stereocenters. The van der Waals surface area contributed by atoms with Crippen LogP contribution < -0.4 is 4.74 Å². The SMILES string of the molecule is COc1cccc([C@H](C)C(=O)N(C)C[C@@H](C)c2nn[nH]n2)c1. The van der Waals surface area contributed by atoms with Gasteiger partial charge in [-0.25, -0.2) is 0 Å². The van der Waals surface area contributed by atoms with Gasteiger partial charge in [-0.2, -0.15) is 5.21 Å². The first-order valence-electron chi connectivity index (χ1n) is 7.15. The van der Waals surface area contributed by atoms with Crippen LogP contribution in [0.5, 0.6) is 5.75 Å². The van der Waals surface area contributed by atoms with E-state index >= 15 is 0 Å². The lowest BCUT2D eigenvalue weighted by Gasteiger charge is -2.23. The summed E-state index contributed by atoms with van der Waals surface area (Å²) >= 11 is 0. The molecule has 0 fully saturated rings. The number of amides is 1. The van der Waals surface area contributed by atoms with Crippen LogP contribution in [0.4, 0.5) is 0 Å². The Labute approximate surface area is 129 Å². The number of aromatic nitrogens is 4. The monoisotopic (exact) mass is 303 g/mol. The molecule has 0 aliphatic rings. The molecule has 0 aliphatic carbocycles. The molecule has 1 heterocycles. The number of nitrogens with one attached hydrogen (secondary N) is 1. The molecule has 7 heteroatoms. The fourth-order valence-electron chi connectivity index (χ4n) is 2.34. The van der Waals surface area contributed by atoms with E-state index in [-0.39, 0.29) is 17.7 Å². The van der Waals surface area contributed by atoms with Crippen LogP contribution in [0.25, 0.3) is 0 Å². The normalized spacial score (nSPS) is 13.5. The summed E-state index contributed by atoms with van der Waals surface area (Å²) in [5.41, 5.74) is 0.934. The van der Waals surface area contributed by atoms with Crippen molar-refractivity contribution in [2.24, 2.45) is 0 Å². The fourth-order valence-corrected chi connectivity index (χ4v) is 2.34. The summed E-state index contributed by atoms with van der Waals surface area (Å²) in [7, 11) is 3.40. The van der Waals surface area contributed by atoms with Crippen molar-refractivity contribution in [2.45, 2.75) is 25.7 Å². The third kappa shape index (κ3) is 3.60. The maximum atomic E-state index is 12.6.